The van der Waals surface area contributed by atoms with Gasteiger partial charge >= 0.3 is 5.69 Å². The number of aryl methyl sites for hydroxylation is 1. The Bertz CT molecular complexity index is 552. The summed E-state index contributed by atoms with van der Waals surface area (Å²) in [4.78, 5) is 24.9. The molecule has 1 saturated heterocycles. The maximum atomic E-state index is 11.6. The molecule has 0 saturated carbocycles. The number of aliphatic hydroxyl groups excluding tert-OH is 3. The maximum Gasteiger partial charge on any atom is 0.330 e. The van der Waals surface area contributed by atoms with Crippen molar-refractivity contribution in [1.82, 2.24) is 9.55 Å². The van der Waals surface area contributed by atoms with Crippen LogP contribution in [0.15, 0.2) is 15.8 Å². The zero-order valence-corrected chi connectivity index (χ0v) is 10.1. The number of H-pyrrole nitrogens is 1. The molecule has 0 bridgehead atoms. The first-order chi connectivity index (χ1) is 8.45. The summed E-state index contributed by atoms with van der Waals surface area (Å²) < 4.78 is 6.17. The van der Waals surface area contributed by atoms with E-state index in [4.69, 9.17) is 9.84 Å². The van der Waals surface area contributed by atoms with Crippen molar-refractivity contribution in [2.45, 2.75) is 31.5 Å². The van der Waals surface area contributed by atoms with Crippen molar-refractivity contribution in [3.63, 3.8) is 0 Å². The van der Waals surface area contributed by atoms with Crippen LogP contribution in [0.4, 0.5) is 0 Å². The zero-order chi connectivity index (χ0) is 13.4. The van der Waals surface area contributed by atoms with Gasteiger partial charge in [-0.05, 0) is 6.92 Å². The monoisotopic (exact) mass is 276 g/mol. The van der Waals surface area contributed by atoms with Gasteiger partial charge in [0.1, 0.15) is 18.3 Å². The fourth-order valence-electron chi connectivity index (χ4n) is 1.88. The lowest BCUT2D eigenvalue weighted by atomic mass is 10.1. The smallest absolute Gasteiger partial charge is 0.330 e. The number of hydrogen-bond donors (Lipinski definition) is 4. The highest BCUT2D eigenvalue weighted by atomic mass is 16.6. The van der Waals surface area contributed by atoms with Crippen LogP contribution in [-0.2, 0) is 4.74 Å². The summed E-state index contributed by atoms with van der Waals surface area (Å²) in [5.74, 6) is 0. The van der Waals surface area contributed by atoms with Crippen molar-refractivity contribution in [3.8, 4) is 0 Å². The predicted molar refractivity (Wildman–Crippen MR) is 62.7 cm³/mol. The summed E-state index contributed by atoms with van der Waals surface area (Å²) in [5, 5.41) is 28.3. The van der Waals surface area contributed by atoms with E-state index in [2.05, 4.69) is 4.98 Å². The molecule has 2 rings (SSSR count). The van der Waals surface area contributed by atoms with E-state index in [-0.39, 0.29) is 11.0 Å². The van der Waals surface area contributed by atoms with Crippen LogP contribution in [0.3, 0.4) is 0 Å². The van der Waals surface area contributed by atoms with Gasteiger partial charge in [0.25, 0.3) is 5.56 Å². The normalized spacial score (nSPS) is 30.1. The number of ether oxygens (including phenoxy) is 1. The van der Waals surface area contributed by atoms with Gasteiger partial charge < -0.3 is 25.5 Å². The minimum Gasteiger partial charge on any atom is -0.412 e. The van der Waals surface area contributed by atoms with E-state index in [9.17, 15) is 19.8 Å². The molecule has 2 unspecified atom stereocenters. The first-order valence-corrected chi connectivity index (χ1v) is 5.40. The highest BCUT2D eigenvalue weighted by Crippen LogP contribution is 2.27. The Morgan fingerprint density at radius 3 is 2.53 bits per heavy atom. The molecule has 9 nitrogen and oxygen atoms in total. The highest BCUT2D eigenvalue weighted by molar-refractivity contribution is 5.03. The van der Waals surface area contributed by atoms with Gasteiger partial charge in [-0.15, -0.1) is 0 Å². The summed E-state index contributed by atoms with van der Waals surface area (Å²) in [7, 11) is 0. The Labute approximate surface area is 107 Å². The average Bonchev–Trinajstić information content (AvgIpc) is 2.61. The number of aliphatic hydroxyl groups is 3. The van der Waals surface area contributed by atoms with E-state index in [0.29, 0.717) is 0 Å². The van der Waals surface area contributed by atoms with Crippen LogP contribution < -0.4 is 11.2 Å². The predicted octanol–water partition coefficient (Wildman–Crippen LogP) is -3.37. The number of hydrogen-bond acceptors (Lipinski definition) is 6. The van der Waals surface area contributed by atoms with E-state index >= 15 is 0 Å². The quantitative estimate of drug-likeness (QED) is 0.441. The molecule has 1 fully saturated rings. The lowest BCUT2D eigenvalue weighted by Crippen LogP contribution is -2.38. The molecule has 1 aliphatic heterocycles. The molecule has 0 aromatic carbocycles. The fraction of sp³-hybridized carbons (Fsp3) is 0.600. The van der Waals surface area contributed by atoms with Gasteiger partial charge in [0.2, 0.25) is 0 Å². The Kier molecular flexibility index (Phi) is 4.61. The molecule has 19 heavy (non-hydrogen) atoms. The summed E-state index contributed by atoms with van der Waals surface area (Å²) >= 11 is 0. The molecule has 1 aromatic heterocycles. The lowest BCUT2D eigenvalue weighted by Gasteiger charge is -2.17. The Morgan fingerprint density at radius 1 is 1.37 bits per heavy atom. The molecular formula is C10H16N2O7. The van der Waals surface area contributed by atoms with Crippen LogP contribution in [0.2, 0.25) is 0 Å². The van der Waals surface area contributed by atoms with Gasteiger partial charge in [0.15, 0.2) is 6.23 Å². The minimum absolute atomic E-state index is 0. The molecule has 2 heterocycles. The molecule has 9 heteroatoms. The summed E-state index contributed by atoms with van der Waals surface area (Å²) in [6.07, 6.45) is -3.52. The molecule has 1 aliphatic rings. The molecule has 6 N–H and O–H groups in total. The van der Waals surface area contributed by atoms with Gasteiger partial charge in [-0.3, -0.25) is 14.3 Å². The molecule has 108 valence electrons. The zero-order valence-electron chi connectivity index (χ0n) is 10.1. The Morgan fingerprint density at radius 2 is 2.00 bits per heavy atom. The van der Waals surface area contributed by atoms with Crippen molar-refractivity contribution in [3.05, 3.63) is 32.6 Å². The highest BCUT2D eigenvalue weighted by Gasteiger charge is 2.43. The van der Waals surface area contributed by atoms with Crippen LogP contribution in [-0.4, -0.2) is 55.3 Å². The van der Waals surface area contributed by atoms with Crippen molar-refractivity contribution in [2.75, 3.05) is 6.61 Å². The number of aromatic nitrogens is 2. The third-order valence-corrected chi connectivity index (χ3v) is 2.94. The second kappa shape index (κ2) is 5.63. The second-order valence-corrected chi connectivity index (χ2v) is 4.21. The van der Waals surface area contributed by atoms with Crippen LogP contribution in [0.5, 0.6) is 0 Å². The Hall–Kier alpha value is -1.52. The maximum absolute atomic E-state index is 11.6. The second-order valence-electron chi connectivity index (χ2n) is 4.21. The van der Waals surface area contributed by atoms with Crippen LogP contribution in [0.25, 0.3) is 0 Å². The number of rotatable bonds is 2. The third-order valence-electron chi connectivity index (χ3n) is 2.94. The molecule has 0 radical (unpaired) electrons. The van der Waals surface area contributed by atoms with Crippen LogP contribution in [0, 0.1) is 6.92 Å². The first kappa shape index (κ1) is 15.5. The van der Waals surface area contributed by atoms with Gasteiger partial charge in [-0.25, -0.2) is 4.79 Å². The van der Waals surface area contributed by atoms with Crippen LogP contribution in [0.1, 0.15) is 11.8 Å². The average molecular weight is 276 g/mol. The molecule has 4 atom stereocenters. The third kappa shape index (κ3) is 2.60. The number of nitrogens with one attached hydrogen (secondary N) is 1. The largest absolute Gasteiger partial charge is 0.412 e. The van der Waals surface area contributed by atoms with Crippen molar-refractivity contribution < 1.29 is 25.5 Å². The van der Waals surface area contributed by atoms with Gasteiger partial charge in [0, 0.05) is 11.8 Å². The Balaban J connectivity index is 0.00000180. The standard InChI is InChI=1S/C10H14N2O6.H2O/c1-4-2-12(10(17)11-8(4)16)9-7(15)6(14)5(3-13)18-9;/h2,5-7,9,13-15H,3H2,1H3,(H,11,16,17);1H2/t5-,6?,7?,9-;/m0./s1. The number of nitrogens with zero attached hydrogens (tertiary/aromatic N) is 1. The molecule has 0 amide bonds. The number of aromatic amines is 1. The topological polar surface area (TPSA) is 156 Å². The van der Waals surface area contributed by atoms with E-state index in [0.717, 1.165) is 4.57 Å². The van der Waals surface area contributed by atoms with E-state index < -0.39 is 42.4 Å². The SMILES string of the molecule is Cc1cn([C@H]2O[C@@H](CO)C(O)C2O)c(=O)[nH]c1=O.O. The van der Waals surface area contributed by atoms with Gasteiger partial charge in [0.05, 0.1) is 6.61 Å². The molecular weight excluding hydrogens is 260 g/mol. The molecule has 0 spiro atoms. The summed E-state index contributed by atoms with van der Waals surface area (Å²) in [6.45, 7) is 1.02. The molecule has 1 aromatic rings. The van der Waals surface area contributed by atoms with Crippen molar-refractivity contribution >= 4 is 0 Å². The van der Waals surface area contributed by atoms with Gasteiger partial charge in [-0.2, -0.15) is 0 Å². The minimum atomic E-state index is -1.36. The first-order valence-electron chi connectivity index (χ1n) is 5.40. The van der Waals surface area contributed by atoms with E-state index in [1.54, 1.807) is 0 Å². The van der Waals surface area contributed by atoms with Crippen molar-refractivity contribution in [2.24, 2.45) is 0 Å². The van der Waals surface area contributed by atoms with Crippen LogP contribution >= 0.6 is 0 Å². The fourth-order valence-corrected chi connectivity index (χ4v) is 1.88. The van der Waals surface area contributed by atoms with E-state index in [1.807, 2.05) is 0 Å². The molecule has 0 aliphatic carbocycles. The summed E-state index contributed by atoms with van der Waals surface area (Å²) in [5.41, 5.74) is -1.00. The lowest BCUT2D eigenvalue weighted by molar-refractivity contribution is -0.0551. The van der Waals surface area contributed by atoms with Gasteiger partial charge in [-0.1, -0.05) is 0 Å². The summed E-state index contributed by atoms with van der Waals surface area (Å²) in [6, 6.07) is 0. The van der Waals surface area contributed by atoms with Crippen molar-refractivity contribution in [1.29, 1.82) is 0 Å². The van der Waals surface area contributed by atoms with E-state index in [1.165, 1.54) is 13.1 Å².